The van der Waals surface area contributed by atoms with E-state index in [1.165, 1.54) is 0 Å². The van der Waals surface area contributed by atoms with Gasteiger partial charge in [0.05, 0.1) is 0 Å². The van der Waals surface area contributed by atoms with E-state index < -0.39 is 0 Å². The molecule has 0 aliphatic heterocycles. The van der Waals surface area contributed by atoms with Crippen molar-refractivity contribution in [3.05, 3.63) is 23.9 Å². The summed E-state index contributed by atoms with van der Waals surface area (Å²) in [5, 5.41) is 7.79. The Morgan fingerprint density at radius 1 is 1.20 bits per heavy atom. The fourth-order valence-electron chi connectivity index (χ4n) is 2.52. The highest BCUT2D eigenvalue weighted by molar-refractivity contribution is 5.44. The first kappa shape index (κ1) is 14.8. The summed E-state index contributed by atoms with van der Waals surface area (Å²) in [4.78, 5) is 6.93. The van der Waals surface area contributed by atoms with Crippen molar-refractivity contribution in [2.45, 2.75) is 46.7 Å². The van der Waals surface area contributed by atoms with E-state index in [1.54, 1.807) is 0 Å². The zero-order valence-electron chi connectivity index (χ0n) is 13.1. The molecule has 5 heteroatoms. The molecule has 2 heterocycles. The third kappa shape index (κ3) is 3.28. The molecule has 0 radical (unpaired) electrons. The number of hydrogen-bond acceptors (Lipinski definition) is 4. The number of aryl methyl sites for hydroxylation is 1. The second-order valence-electron chi connectivity index (χ2n) is 5.72. The monoisotopic (exact) mass is 275 g/mol. The number of fused-ring (bicyclic) bond motifs is 1. The smallest absolute Gasteiger partial charge is 0.243 e. The Bertz CT molecular complexity index is 550. The van der Waals surface area contributed by atoms with E-state index in [9.17, 15) is 0 Å². The highest BCUT2D eigenvalue weighted by atomic mass is 15.4. The first-order chi connectivity index (χ1) is 9.49. The first-order valence-corrected chi connectivity index (χ1v) is 7.31. The Balaban J connectivity index is 1.97. The van der Waals surface area contributed by atoms with Gasteiger partial charge in [0.1, 0.15) is 0 Å². The second kappa shape index (κ2) is 6.22. The Morgan fingerprint density at radius 2 is 1.90 bits per heavy atom. The number of aromatic nitrogens is 3. The minimum absolute atomic E-state index is 0.549. The molecule has 20 heavy (non-hydrogen) atoms. The van der Waals surface area contributed by atoms with Crippen LogP contribution in [-0.4, -0.2) is 44.7 Å². The lowest BCUT2D eigenvalue weighted by molar-refractivity contribution is 0.182. The number of hydrogen-bond donors (Lipinski definition) is 1. The summed E-state index contributed by atoms with van der Waals surface area (Å²) in [6.07, 6.45) is 0. The van der Waals surface area contributed by atoms with Gasteiger partial charge in [-0.3, -0.25) is 4.90 Å². The normalized spacial score (nSPS) is 12.0. The van der Waals surface area contributed by atoms with Crippen LogP contribution in [0.1, 0.15) is 33.4 Å². The van der Waals surface area contributed by atoms with E-state index in [0.717, 1.165) is 24.4 Å². The molecule has 0 aromatic carbocycles. The van der Waals surface area contributed by atoms with Gasteiger partial charge in [-0.05, 0) is 46.8 Å². The van der Waals surface area contributed by atoms with Crippen LogP contribution in [0.5, 0.6) is 0 Å². The van der Waals surface area contributed by atoms with Gasteiger partial charge in [-0.25, -0.2) is 4.52 Å². The number of pyridine rings is 1. The Hall–Kier alpha value is -1.62. The zero-order chi connectivity index (χ0) is 14.7. The summed E-state index contributed by atoms with van der Waals surface area (Å²) in [7, 11) is 0. The largest absolute Gasteiger partial charge is 0.352 e. The number of nitrogens with one attached hydrogen (secondary N) is 1. The topological polar surface area (TPSA) is 45.5 Å². The Labute approximate surface area is 121 Å². The standard InChI is InChI=1S/C15H25N5/c1-11(2)19(12(3)4)10-9-16-15-17-14-8-6-7-13(5)20(14)18-15/h6-8,11-12H,9-10H2,1-5H3,(H,16,18). The van der Waals surface area contributed by atoms with Crippen molar-refractivity contribution in [3.8, 4) is 0 Å². The van der Waals surface area contributed by atoms with Crippen molar-refractivity contribution in [2.75, 3.05) is 18.4 Å². The van der Waals surface area contributed by atoms with Crippen molar-refractivity contribution in [3.63, 3.8) is 0 Å². The highest BCUT2D eigenvalue weighted by Crippen LogP contribution is 2.08. The SMILES string of the molecule is Cc1cccc2nc(NCCN(C(C)C)C(C)C)nn12. The molecule has 0 saturated carbocycles. The van der Waals surface area contributed by atoms with Crippen LogP contribution in [0.4, 0.5) is 5.95 Å². The average Bonchev–Trinajstić information content (AvgIpc) is 2.78. The lowest BCUT2D eigenvalue weighted by Crippen LogP contribution is -2.40. The molecule has 2 rings (SSSR count). The van der Waals surface area contributed by atoms with Gasteiger partial charge in [-0.2, -0.15) is 4.98 Å². The average molecular weight is 275 g/mol. The molecule has 0 atom stereocenters. The van der Waals surface area contributed by atoms with Gasteiger partial charge in [-0.1, -0.05) is 6.07 Å². The molecule has 0 aliphatic rings. The molecule has 5 nitrogen and oxygen atoms in total. The van der Waals surface area contributed by atoms with Gasteiger partial charge in [0.15, 0.2) is 5.65 Å². The van der Waals surface area contributed by atoms with Crippen LogP contribution in [0.25, 0.3) is 5.65 Å². The third-order valence-corrected chi connectivity index (χ3v) is 3.53. The van der Waals surface area contributed by atoms with Gasteiger partial charge in [0.2, 0.25) is 5.95 Å². The van der Waals surface area contributed by atoms with E-state index >= 15 is 0 Å². The molecular formula is C15H25N5. The lowest BCUT2D eigenvalue weighted by Gasteiger charge is -2.30. The Morgan fingerprint density at radius 3 is 2.50 bits per heavy atom. The summed E-state index contributed by atoms with van der Waals surface area (Å²) >= 11 is 0. The van der Waals surface area contributed by atoms with Crippen LogP contribution in [0.2, 0.25) is 0 Å². The minimum Gasteiger partial charge on any atom is -0.352 e. The second-order valence-corrected chi connectivity index (χ2v) is 5.72. The molecule has 0 aliphatic carbocycles. The van der Waals surface area contributed by atoms with Crippen LogP contribution in [0.15, 0.2) is 18.2 Å². The molecule has 0 amide bonds. The summed E-state index contributed by atoms with van der Waals surface area (Å²) in [5.41, 5.74) is 1.98. The van der Waals surface area contributed by atoms with E-state index in [0.29, 0.717) is 18.0 Å². The van der Waals surface area contributed by atoms with Crippen molar-refractivity contribution >= 4 is 11.6 Å². The minimum atomic E-state index is 0.549. The third-order valence-electron chi connectivity index (χ3n) is 3.53. The van der Waals surface area contributed by atoms with Crippen LogP contribution < -0.4 is 5.32 Å². The van der Waals surface area contributed by atoms with Crippen molar-refractivity contribution in [1.29, 1.82) is 0 Å². The van der Waals surface area contributed by atoms with E-state index in [4.69, 9.17) is 0 Å². The molecule has 0 fully saturated rings. The molecule has 0 spiro atoms. The van der Waals surface area contributed by atoms with Gasteiger partial charge in [-0.15, -0.1) is 5.10 Å². The molecule has 1 N–H and O–H groups in total. The van der Waals surface area contributed by atoms with E-state index in [2.05, 4.69) is 48.0 Å². The summed E-state index contributed by atoms with van der Waals surface area (Å²) in [6, 6.07) is 7.11. The molecule has 0 saturated heterocycles. The van der Waals surface area contributed by atoms with Crippen molar-refractivity contribution < 1.29 is 0 Å². The number of nitrogens with zero attached hydrogens (tertiary/aromatic N) is 4. The molecule has 110 valence electrons. The summed E-state index contributed by atoms with van der Waals surface area (Å²) in [5.74, 6) is 0.701. The fourth-order valence-corrected chi connectivity index (χ4v) is 2.52. The maximum Gasteiger partial charge on any atom is 0.243 e. The molecule has 2 aromatic heterocycles. The maximum atomic E-state index is 4.48. The van der Waals surface area contributed by atoms with Crippen LogP contribution in [-0.2, 0) is 0 Å². The van der Waals surface area contributed by atoms with E-state index in [-0.39, 0.29) is 0 Å². The summed E-state index contributed by atoms with van der Waals surface area (Å²) < 4.78 is 1.87. The highest BCUT2D eigenvalue weighted by Gasteiger charge is 2.13. The predicted octanol–water partition coefficient (Wildman–Crippen LogP) is 2.57. The van der Waals surface area contributed by atoms with Crippen LogP contribution in [0, 0.1) is 6.92 Å². The molecular weight excluding hydrogens is 250 g/mol. The molecule has 2 aromatic rings. The first-order valence-electron chi connectivity index (χ1n) is 7.31. The fraction of sp³-hybridized carbons (Fsp3) is 0.600. The van der Waals surface area contributed by atoms with Gasteiger partial charge in [0, 0.05) is 30.9 Å². The summed E-state index contributed by atoms with van der Waals surface area (Å²) in [6.45, 7) is 12.8. The Kier molecular flexibility index (Phi) is 4.60. The van der Waals surface area contributed by atoms with Gasteiger partial charge >= 0.3 is 0 Å². The molecule has 0 bridgehead atoms. The maximum absolute atomic E-state index is 4.48. The van der Waals surface area contributed by atoms with Crippen LogP contribution >= 0.6 is 0 Å². The molecule has 0 unspecified atom stereocenters. The van der Waals surface area contributed by atoms with E-state index in [1.807, 2.05) is 29.6 Å². The van der Waals surface area contributed by atoms with Gasteiger partial charge in [0.25, 0.3) is 0 Å². The van der Waals surface area contributed by atoms with Crippen molar-refractivity contribution in [1.82, 2.24) is 19.5 Å². The number of anilines is 1. The predicted molar refractivity (Wildman–Crippen MR) is 83.2 cm³/mol. The van der Waals surface area contributed by atoms with Crippen LogP contribution in [0.3, 0.4) is 0 Å². The van der Waals surface area contributed by atoms with Gasteiger partial charge < -0.3 is 5.32 Å². The van der Waals surface area contributed by atoms with Crippen molar-refractivity contribution in [2.24, 2.45) is 0 Å². The quantitative estimate of drug-likeness (QED) is 0.880. The zero-order valence-corrected chi connectivity index (χ0v) is 13.1. The number of rotatable bonds is 6. The lowest BCUT2D eigenvalue weighted by atomic mass is 10.2.